The first-order valence-electron chi connectivity index (χ1n) is 8.28. The molecule has 0 aliphatic carbocycles. The molecule has 2 aliphatic heterocycles. The maximum absolute atomic E-state index is 14.4. The number of nitrogens with zero attached hydrogens (tertiary/aromatic N) is 2. The molecule has 27 heavy (non-hydrogen) atoms. The molecule has 1 unspecified atom stereocenters. The summed E-state index contributed by atoms with van der Waals surface area (Å²) in [5.41, 5.74) is 7.57. The van der Waals surface area contributed by atoms with Crippen LogP contribution >= 0.6 is 0 Å². The Labute approximate surface area is 153 Å². The topological polar surface area (TPSA) is 69.7 Å². The number of hydrogen-bond donors (Lipinski definition) is 1. The second-order valence-electron chi connectivity index (χ2n) is 6.40. The molecule has 5 rings (SSSR count). The Bertz CT molecular complexity index is 1100. The lowest BCUT2D eigenvalue weighted by molar-refractivity contribution is 0.262. The fourth-order valence-electron chi connectivity index (χ4n) is 3.57. The second-order valence-corrected chi connectivity index (χ2v) is 6.40. The third-order valence-corrected chi connectivity index (χ3v) is 4.84. The molecule has 0 fully saturated rings. The molecule has 2 aromatic carbocycles. The molecule has 5 nitrogen and oxygen atoms in total. The molecule has 134 valence electrons. The van der Waals surface area contributed by atoms with Gasteiger partial charge in [0.1, 0.15) is 12.4 Å². The van der Waals surface area contributed by atoms with Crippen LogP contribution in [0.4, 0.5) is 8.78 Å². The quantitative estimate of drug-likeness (QED) is 0.668. The summed E-state index contributed by atoms with van der Waals surface area (Å²) in [6, 6.07) is 13.0. The van der Waals surface area contributed by atoms with E-state index in [0.29, 0.717) is 16.9 Å². The number of rotatable bonds is 1. The van der Waals surface area contributed by atoms with Crippen LogP contribution in [0.5, 0.6) is 11.5 Å². The van der Waals surface area contributed by atoms with Gasteiger partial charge in [0, 0.05) is 22.9 Å². The molecule has 0 saturated carbocycles. The van der Waals surface area contributed by atoms with E-state index in [0.717, 1.165) is 11.1 Å². The lowest BCUT2D eigenvalue weighted by atomic mass is 9.80. The minimum Gasteiger partial charge on any atom is -0.462 e. The number of ether oxygens (including phenoxy) is 2. The minimum atomic E-state index is -1.00. The van der Waals surface area contributed by atoms with Gasteiger partial charge in [0.15, 0.2) is 17.1 Å². The lowest BCUT2D eigenvalue weighted by Gasteiger charge is -2.33. The predicted octanol–water partition coefficient (Wildman–Crippen LogP) is 3.72. The molecule has 0 saturated heterocycles. The zero-order valence-electron chi connectivity index (χ0n) is 13.9. The molecule has 0 amide bonds. The Morgan fingerprint density at radius 1 is 1.00 bits per heavy atom. The second kappa shape index (κ2) is 5.51. The highest BCUT2D eigenvalue weighted by molar-refractivity contribution is 5.77. The number of aliphatic imine (C=N–C) groups is 1. The van der Waals surface area contributed by atoms with Crippen LogP contribution in [-0.4, -0.2) is 17.6 Å². The van der Waals surface area contributed by atoms with Gasteiger partial charge in [0.25, 0.3) is 6.02 Å². The van der Waals surface area contributed by atoms with Crippen molar-refractivity contribution in [2.75, 3.05) is 6.61 Å². The molecule has 0 radical (unpaired) electrons. The highest BCUT2D eigenvalue weighted by Crippen LogP contribution is 2.52. The first-order valence-corrected chi connectivity index (χ1v) is 8.28. The lowest BCUT2D eigenvalue weighted by Crippen LogP contribution is -2.31. The van der Waals surface area contributed by atoms with Gasteiger partial charge in [0.05, 0.1) is 0 Å². The van der Waals surface area contributed by atoms with Crippen molar-refractivity contribution in [2.45, 2.75) is 5.54 Å². The monoisotopic (exact) mass is 365 g/mol. The highest BCUT2D eigenvalue weighted by atomic mass is 19.1. The summed E-state index contributed by atoms with van der Waals surface area (Å²) in [6.45, 7) is 0.136. The zero-order valence-corrected chi connectivity index (χ0v) is 13.9. The molecule has 3 heterocycles. The summed E-state index contributed by atoms with van der Waals surface area (Å²) in [6.07, 6.45) is 1.45. The molecule has 3 aromatic rings. The van der Waals surface area contributed by atoms with Gasteiger partial charge in [-0.3, -0.25) is 0 Å². The summed E-state index contributed by atoms with van der Waals surface area (Å²) in [5, 5.41) is 0. The smallest absolute Gasteiger partial charge is 0.283 e. The maximum atomic E-state index is 14.4. The number of halogens is 2. The molecule has 1 spiro atoms. The maximum Gasteiger partial charge on any atom is 0.283 e. The summed E-state index contributed by atoms with van der Waals surface area (Å²) in [7, 11) is 0. The fraction of sp³-hybridized carbons (Fsp3) is 0.100. The van der Waals surface area contributed by atoms with Gasteiger partial charge in [0.2, 0.25) is 5.95 Å². The van der Waals surface area contributed by atoms with Gasteiger partial charge in [-0.15, -0.1) is 0 Å². The van der Waals surface area contributed by atoms with Crippen LogP contribution in [0, 0.1) is 11.8 Å². The normalized spacial score (nSPS) is 19.7. The first kappa shape index (κ1) is 15.7. The fourth-order valence-corrected chi connectivity index (χ4v) is 3.57. The number of nitrogens with two attached hydrogens (primary N) is 1. The average Bonchev–Trinajstić information content (AvgIpc) is 3.06. The summed E-state index contributed by atoms with van der Waals surface area (Å²) >= 11 is 0. The largest absolute Gasteiger partial charge is 0.462 e. The van der Waals surface area contributed by atoms with Crippen LogP contribution in [0.15, 0.2) is 59.7 Å². The number of fused-ring (bicyclic) bond motifs is 4. The Morgan fingerprint density at radius 2 is 1.85 bits per heavy atom. The molecule has 1 aromatic heterocycles. The predicted molar refractivity (Wildman–Crippen MR) is 94.5 cm³/mol. The van der Waals surface area contributed by atoms with Crippen LogP contribution in [0.2, 0.25) is 0 Å². The van der Waals surface area contributed by atoms with E-state index in [-0.39, 0.29) is 18.4 Å². The van der Waals surface area contributed by atoms with Gasteiger partial charge >= 0.3 is 0 Å². The average molecular weight is 365 g/mol. The van der Waals surface area contributed by atoms with Crippen LogP contribution in [0.1, 0.15) is 11.1 Å². The third-order valence-electron chi connectivity index (χ3n) is 4.84. The van der Waals surface area contributed by atoms with Gasteiger partial charge in [-0.05, 0) is 35.9 Å². The standard InChI is InChI=1S/C20H13F2N3O2/c21-15-3-1-2-13-18(15)27-16-6-4-11(12-5-7-17(22)24-9-12)8-14(16)20(13)10-26-19(23)25-20/h1-9H,10H2,(H2,23,25). The van der Waals surface area contributed by atoms with Crippen molar-refractivity contribution in [1.29, 1.82) is 0 Å². The Morgan fingerprint density at radius 3 is 2.59 bits per heavy atom. The number of benzene rings is 2. The Hall–Kier alpha value is -3.48. The third kappa shape index (κ3) is 2.28. The Kier molecular flexibility index (Phi) is 3.21. The van der Waals surface area contributed by atoms with E-state index in [1.54, 1.807) is 30.3 Å². The van der Waals surface area contributed by atoms with Gasteiger partial charge in [-0.1, -0.05) is 18.2 Å². The van der Waals surface area contributed by atoms with E-state index in [2.05, 4.69) is 9.98 Å². The van der Waals surface area contributed by atoms with Crippen LogP contribution in [0.25, 0.3) is 11.1 Å². The van der Waals surface area contributed by atoms with Crippen molar-refractivity contribution in [3.05, 3.63) is 77.6 Å². The number of amidine groups is 1. The van der Waals surface area contributed by atoms with Crippen molar-refractivity contribution in [2.24, 2.45) is 10.7 Å². The molecule has 7 heteroatoms. The van der Waals surface area contributed by atoms with E-state index >= 15 is 0 Å². The highest BCUT2D eigenvalue weighted by Gasteiger charge is 2.47. The molecule has 2 aliphatic rings. The molecule has 2 N–H and O–H groups in total. The Balaban J connectivity index is 1.74. The number of pyridine rings is 1. The van der Waals surface area contributed by atoms with Crippen molar-refractivity contribution in [1.82, 2.24) is 4.98 Å². The molecular weight excluding hydrogens is 352 g/mol. The van der Waals surface area contributed by atoms with Crippen LogP contribution < -0.4 is 10.5 Å². The summed E-state index contributed by atoms with van der Waals surface area (Å²) < 4.78 is 38.8. The van der Waals surface area contributed by atoms with Crippen molar-refractivity contribution in [3.63, 3.8) is 0 Å². The first-order chi connectivity index (χ1) is 13.1. The van der Waals surface area contributed by atoms with E-state index < -0.39 is 17.3 Å². The number of para-hydroxylation sites is 1. The molecular formula is C20H13F2N3O2. The van der Waals surface area contributed by atoms with Crippen molar-refractivity contribution >= 4 is 6.02 Å². The number of aromatic nitrogens is 1. The van der Waals surface area contributed by atoms with E-state index in [9.17, 15) is 8.78 Å². The van der Waals surface area contributed by atoms with Gasteiger partial charge in [-0.2, -0.15) is 4.39 Å². The summed E-state index contributed by atoms with van der Waals surface area (Å²) in [4.78, 5) is 8.20. The van der Waals surface area contributed by atoms with Gasteiger partial charge < -0.3 is 15.2 Å². The van der Waals surface area contributed by atoms with E-state index in [1.165, 1.54) is 18.3 Å². The van der Waals surface area contributed by atoms with Gasteiger partial charge in [-0.25, -0.2) is 14.4 Å². The van der Waals surface area contributed by atoms with E-state index in [1.807, 2.05) is 6.07 Å². The SMILES string of the molecule is NC1=NC2(CO1)c1cc(-c3ccc(F)nc3)ccc1Oc1c(F)cccc12. The van der Waals surface area contributed by atoms with Crippen molar-refractivity contribution < 1.29 is 18.3 Å². The minimum absolute atomic E-state index is 0.0342. The van der Waals surface area contributed by atoms with E-state index in [4.69, 9.17) is 15.2 Å². The summed E-state index contributed by atoms with van der Waals surface area (Å²) in [5.74, 6) is -0.454. The number of hydrogen-bond acceptors (Lipinski definition) is 5. The molecule has 1 atom stereocenters. The molecule has 0 bridgehead atoms. The van der Waals surface area contributed by atoms with Crippen LogP contribution in [-0.2, 0) is 10.3 Å². The van der Waals surface area contributed by atoms with Crippen molar-refractivity contribution in [3.8, 4) is 22.6 Å². The zero-order chi connectivity index (χ0) is 18.6. The van der Waals surface area contributed by atoms with Crippen LogP contribution in [0.3, 0.4) is 0 Å².